The summed E-state index contributed by atoms with van der Waals surface area (Å²) in [6.07, 6.45) is 3.32. The highest BCUT2D eigenvalue weighted by Gasteiger charge is 2.22. The van der Waals surface area contributed by atoms with Crippen molar-refractivity contribution in [2.24, 2.45) is 5.73 Å². The van der Waals surface area contributed by atoms with E-state index in [-0.39, 0.29) is 6.04 Å². The van der Waals surface area contributed by atoms with Gasteiger partial charge in [0.2, 0.25) is 0 Å². The van der Waals surface area contributed by atoms with Crippen molar-refractivity contribution in [3.63, 3.8) is 0 Å². The molecule has 1 heterocycles. The van der Waals surface area contributed by atoms with Gasteiger partial charge in [0.1, 0.15) is 5.01 Å². The second kappa shape index (κ2) is 4.52. The summed E-state index contributed by atoms with van der Waals surface area (Å²) in [5.74, 6) is 0. The van der Waals surface area contributed by atoms with Crippen LogP contribution in [-0.4, -0.2) is 4.98 Å². The molecule has 1 aromatic carbocycles. The van der Waals surface area contributed by atoms with Crippen molar-refractivity contribution >= 4 is 27.3 Å². The van der Waals surface area contributed by atoms with E-state index in [2.05, 4.69) is 28.1 Å². The molecule has 2 aromatic rings. The van der Waals surface area contributed by atoms with Crippen molar-refractivity contribution in [3.05, 3.63) is 39.3 Å². The molecule has 0 unspecified atom stereocenters. The second-order valence-electron chi connectivity index (χ2n) is 4.31. The van der Waals surface area contributed by atoms with Gasteiger partial charge in [0, 0.05) is 21.0 Å². The lowest BCUT2D eigenvalue weighted by Gasteiger charge is -2.15. The van der Waals surface area contributed by atoms with Gasteiger partial charge in [-0.3, -0.25) is 0 Å². The van der Waals surface area contributed by atoms with Gasteiger partial charge in [-0.1, -0.05) is 34.1 Å². The van der Waals surface area contributed by atoms with Gasteiger partial charge in [0.15, 0.2) is 0 Å². The Balaban J connectivity index is 2.08. The monoisotopic (exact) mass is 308 g/mol. The molecule has 0 spiro atoms. The zero-order valence-electron chi connectivity index (χ0n) is 9.32. The zero-order chi connectivity index (χ0) is 11.8. The minimum atomic E-state index is 0.187. The third-order valence-electron chi connectivity index (χ3n) is 3.10. The molecule has 2 nitrogen and oxygen atoms in total. The zero-order valence-corrected chi connectivity index (χ0v) is 11.7. The minimum absolute atomic E-state index is 0.187. The predicted octanol–water partition coefficient (Wildman–Crippen LogP) is 3.91. The molecule has 0 aliphatic heterocycles. The molecule has 1 aliphatic rings. The van der Waals surface area contributed by atoms with E-state index in [1.54, 1.807) is 11.3 Å². The van der Waals surface area contributed by atoms with Crippen molar-refractivity contribution in [2.75, 3.05) is 0 Å². The van der Waals surface area contributed by atoms with Crippen LogP contribution in [0.3, 0.4) is 0 Å². The minimum Gasteiger partial charge on any atom is -0.323 e. The van der Waals surface area contributed by atoms with Crippen molar-refractivity contribution < 1.29 is 0 Å². The molecular weight excluding hydrogens is 296 g/mol. The van der Waals surface area contributed by atoms with Crippen LogP contribution in [-0.2, 0) is 6.42 Å². The molecule has 1 aromatic heterocycles. The van der Waals surface area contributed by atoms with Crippen LogP contribution in [0.15, 0.2) is 28.7 Å². The maximum Gasteiger partial charge on any atom is 0.125 e. The Morgan fingerprint density at radius 1 is 1.35 bits per heavy atom. The van der Waals surface area contributed by atoms with Crippen molar-refractivity contribution in [3.8, 4) is 10.6 Å². The fourth-order valence-electron chi connectivity index (χ4n) is 2.20. The SMILES string of the molecule is N[C@H]1CCCc2nc(-c3ccccc3Br)sc21. The number of aryl methyl sites for hydroxylation is 1. The van der Waals surface area contributed by atoms with Crippen LogP contribution in [0.25, 0.3) is 10.6 Å². The van der Waals surface area contributed by atoms with Gasteiger partial charge in [-0.2, -0.15) is 0 Å². The normalized spacial score (nSPS) is 19.1. The average molecular weight is 309 g/mol. The molecule has 0 saturated heterocycles. The number of fused-ring (bicyclic) bond motifs is 1. The maximum atomic E-state index is 6.13. The highest BCUT2D eigenvalue weighted by molar-refractivity contribution is 9.10. The molecule has 0 amide bonds. The molecule has 0 radical (unpaired) electrons. The number of hydrogen-bond acceptors (Lipinski definition) is 3. The second-order valence-corrected chi connectivity index (χ2v) is 6.19. The Hall–Kier alpha value is -0.710. The summed E-state index contributed by atoms with van der Waals surface area (Å²) < 4.78 is 1.10. The Morgan fingerprint density at radius 2 is 2.18 bits per heavy atom. The van der Waals surface area contributed by atoms with Gasteiger partial charge in [0.05, 0.1) is 5.69 Å². The molecule has 1 aliphatic carbocycles. The van der Waals surface area contributed by atoms with Crippen LogP contribution in [0.2, 0.25) is 0 Å². The average Bonchev–Trinajstić information content (AvgIpc) is 2.75. The first-order chi connectivity index (χ1) is 8.25. The lowest BCUT2D eigenvalue weighted by atomic mass is 9.99. The molecule has 4 heteroatoms. The van der Waals surface area contributed by atoms with Crippen molar-refractivity contribution in [1.82, 2.24) is 4.98 Å². The molecule has 2 N–H and O–H groups in total. The number of rotatable bonds is 1. The summed E-state index contributed by atoms with van der Waals surface area (Å²) in [7, 11) is 0. The van der Waals surface area contributed by atoms with Crippen molar-refractivity contribution in [1.29, 1.82) is 0 Å². The molecule has 0 fully saturated rings. The quantitative estimate of drug-likeness (QED) is 0.867. The highest BCUT2D eigenvalue weighted by atomic mass is 79.9. The van der Waals surface area contributed by atoms with Crippen LogP contribution in [0, 0.1) is 0 Å². The van der Waals surface area contributed by atoms with Crippen LogP contribution in [0.4, 0.5) is 0 Å². The smallest absolute Gasteiger partial charge is 0.125 e. The van der Waals surface area contributed by atoms with E-state index >= 15 is 0 Å². The summed E-state index contributed by atoms with van der Waals surface area (Å²) in [4.78, 5) is 6.02. The standard InChI is InChI=1S/C13H13BrN2S/c14-9-5-2-1-4-8(9)13-16-11-7-3-6-10(15)12(11)17-13/h1-2,4-5,10H,3,6-7,15H2/t10-/m0/s1. The summed E-state index contributed by atoms with van der Waals surface area (Å²) in [5, 5.41) is 1.08. The van der Waals surface area contributed by atoms with Gasteiger partial charge in [-0.15, -0.1) is 11.3 Å². The van der Waals surface area contributed by atoms with E-state index in [9.17, 15) is 0 Å². The molecule has 3 rings (SSSR count). The number of benzene rings is 1. The van der Waals surface area contributed by atoms with Crippen molar-refractivity contribution in [2.45, 2.75) is 25.3 Å². The van der Waals surface area contributed by atoms with Gasteiger partial charge >= 0.3 is 0 Å². The molecule has 1 atom stereocenters. The Bertz CT molecular complexity index is 550. The number of nitrogens with two attached hydrogens (primary N) is 1. The fraction of sp³-hybridized carbons (Fsp3) is 0.308. The Labute approximate surface area is 113 Å². The van der Waals surface area contributed by atoms with E-state index < -0.39 is 0 Å². The highest BCUT2D eigenvalue weighted by Crippen LogP contribution is 2.38. The summed E-state index contributed by atoms with van der Waals surface area (Å²) in [6, 6.07) is 8.40. The summed E-state index contributed by atoms with van der Waals surface area (Å²) >= 11 is 5.32. The van der Waals surface area contributed by atoms with Gasteiger partial charge < -0.3 is 5.73 Å². The van der Waals surface area contributed by atoms with E-state index in [1.807, 2.05) is 12.1 Å². The van der Waals surface area contributed by atoms with E-state index in [0.29, 0.717) is 0 Å². The first-order valence-electron chi connectivity index (χ1n) is 5.76. The third kappa shape index (κ3) is 2.05. The van der Waals surface area contributed by atoms with Crippen LogP contribution < -0.4 is 5.73 Å². The maximum absolute atomic E-state index is 6.13. The molecule has 88 valence electrons. The first-order valence-corrected chi connectivity index (χ1v) is 7.37. The number of aromatic nitrogens is 1. The Kier molecular flexibility index (Phi) is 3.03. The molecule has 0 bridgehead atoms. The fourth-order valence-corrected chi connectivity index (χ4v) is 3.99. The van der Waals surface area contributed by atoms with Gasteiger partial charge in [-0.25, -0.2) is 4.98 Å². The van der Waals surface area contributed by atoms with Gasteiger partial charge in [-0.05, 0) is 25.3 Å². The largest absolute Gasteiger partial charge is 0.323 e. The number of halogens is 1. The predicted molar refractivity (Wildman–Crippen MR) is 75.1 cm³/mol. The number of hydrogen-bond donors (Lipinski definition) is 1. The van der Waals surface area contributed by atoms with E-state index in [4.69, 9.17) is 10.7 Å². The lowest BCUT2D eigenvalue weighted by Crippen LogP contribution is -2.15. The van der Waals surface area contributed by atoms with Crippen LogP contribution in [0.5, 0.6) is 0 Å². The number of thiazole rings is 1. The molecular formula is C13H13BrN2S. The summed E-state index contributed by atoms with van der Waals surface area (Å²) in [5.41, 5.74) is 8.51. The first kappa shape index (κ1) is 11.4. The van der Waals surface area contributed by atoms with Crippen LogP contribution >= 0.6 is 27.3 Å². The van der Waals surface area contributed by atoms with E-state index in [0.717, 1.165) is 28.7 Å². The third-order valence-corrected chi connectivity index (χ3v) is 5.05. The number of nitrogens with zero attached hydrogens (tertiary/aromatic N) is 1. The Morgan fingerprint density at radius 3 is 2.94 bits per heavy atom. The summed E-state index contributed by atoms with van der Waals surface area (Å²) in [6.45, 7) is 0. The van der Waals surface area contributed by atoms with E-state index in [1.165, 1.54) is 16.1 Å². The topological polar surface area (TPSA) is 38.9 Å². The lowest BCUT2D eigenvalue weighted by molar-refractivity contribution is 0.573. The molecule has 0 saturated carbocycles. The molecule has 17 heavy (non-hydrogen) atoms. The van der Waals surface area contributed by atoms with Gasteiger partial charge in [0.25, 0.3) is 0 Å². The van der Waals surface area contributed by atoms with Crippen LogP contribution in [0.1, 0.15) is 29.5 Å².